The Morgan fingerprint density at radius 1 is 1.04 bits per heavy atom. The number of rotatable bonds is 4. The number of phenols is 1. The van der Waals surface area contributed by atoms with Crippen molar-refractivity contribution >= 4 is 23.1 Å². The molecule has 0 fully saturated rings. The van der Waals surface area contributed by atoms with Crippen LogP contribution < -0.4 is 5.32 Å². The molecule has 26 heavy (non-hydrogen) atoms. The Bertz CT molecular complexity index is 1120. The number of aromatic nitrogens is 3. The molecule has 0 atom stereocenters. The summed E-state index contributed by atoms with van der Waals surface area (Å²) in [6.07, 6.45) is 1.65. The molecule has 0 bridgehead atoms. The average molecular weight is 346 g/mol. The molecule has 0 unspecified atom stereocenters. The third-order valence-corrected chi connectivity index (χ3v) is 3.88. The van der Waals surface area contributed by atoms with Gasteiger partial charge >= 0.3 is 5.97 Å². The maximum atomic E-state index is 11.2. The van der Waals surface area contributed by atoms with Crippen molar-refractivity contribution in [1.29, 1.82) is 0 Å². The zero-order valence-corrected chi connectivity index (χ0v) is 13.5. The van der Waals surface area contributed by atoms with Crippen molar-refractivity contribution in [3.05, 3.63) is 72.4 Å². The zero-order chi connectivity index (χ0) is 18.1. The molecule has 0 radical (unpaired) electrons. The zero-order valence-electron chi connectivity index (χ0n) is 13.5. The summed E-state index contributed by atoms with van der Waals surface area (Å²) in [4.78, 5) is 15.5. The predicted molar refractivity (Wildman–Crippen MR) is 96.8 cm³/mol. The summed E-state index contributed by atoms with van der Waals surface area (Å²) >= 11 is 0. The van der Waals surface area contributed by atoms with Gasteiger partial charge in [0.15, 0.2) is 5.65 Å². The van der Waals surface area contributed by atoms with E-state index >= 15 is 0 Å². The number of phenolic OH excluding ortho intramolecular Hbond substituents is 1. The van der Waals surface area contributed by atoms with Gasteiger partial charge in [0, 0.05) is 29.6 Å². The molecule has 0 spiro atoms. The first-order valence-electron chi connectivity index (χ1n) is 7.85. The fourth-order valence-corrected chi connectivity index (χ4v) is 2.67. The summed E-state index contributed by atoms with van der Waals surface area (Å²) in [6.45, 7) is 0. The molecule has 7 nitrogen and oxygen atoms in total. The van der Waals surface area contributed by atoms with Crippen molar-refractivity contribution in [3.8, 4) is 17.0 Å². The third kappa shape index (κ3) is 2.93. The van der Waals surface area contributed by atoms with Crippen LogP contribution in [0.15, 0.2) is 66.9 Å². The van der Waals surface area contributed by atoms with E-state index in [1.165, 1.54) is 6.07 Å². The number of anilines is 2. The number of hydrogen-bond donors (Lipinski definition) is 3. The summed E-state index contributed by atoms with van der Waals surface area (Å²) < 4.78 is 1.63. The molecule has 0 amide bonds. The lowest BCUT2D eigenvalue weighted by Gasteiger charge is -2.08. The van der Waals surface area contributed by atoms with Gasteiger partial charge in [0.25, 0.3) is 0 Å². The summed E-state index contributed by atoms with van der Waals surface area (Å²) in [5.74, 6) is -0.159. The molecule has 0 aliphatic carbocycles. The highest BCUT2D eigenvalue weighted by Crippen LogP contribution is 2.24. The standard InChI is InChI=1S/C19H14N4O3/c24-15-6-2-5-14(10-15)21-17-7-8-20-18-11-16(22-23(17)18)12-3-1-4-13(9-12)19(25)26/h1-11,21,24H,(H,25,26). The van der Waals surface area contributed by atoms with Gasteiger partial charge in [-0.3, -0.25) is 0 Å². The SMILES string of the molecule is O=C(O)c1cccc(-c2cc3nccc(Nc4cccc(O)c4)n3n2)c1. The van der Waals surface area contributed by atoms with Crippen LogP contribution in [0.1, 0.15) is 10.4 Å². The largest absolute Gasteiger partial charge is 0.508 e. The van der Waals surface area contributed by atoms with Crippen molar-refractivity contribution in [2.75, 3.05) is 5.32 Å². The fourth-order valence-electron chi connectivity index (χ4n) is 2.67. The lowest BCUT2D eigenvalue weighted by molar-refractivity contribution is 0.0697. The second-order valence-corrected chi connectivity index (χ2v) is 5.69. The van der Waals surface area contributed by atoms with E-state index in [1.54, 1.807) is 59.2 Å². The second-order valence-electron chi connectivity index (χ2n) is 5.69. The van der Waals surface area contributed by atoms with Gasteiger partial charge < -0.3 is 15.5 Å². The molecule has 4 rings (SSSR count). The molecule has 0 saturated heterocycles. The lowest BCUT2D eigenvalue weighted by Crippen LogP contribution is -2.00. The lowest BCUT2D eigenvalue weighted by atomic mass is 10.1. The number of carboxylic acids is 1. The number of carboxylic acid groups (broad SMARTS) is 1. The molecule has 2 aromatic heterocycles. The van der Waals surface area contributed by atoms with Crippen molar-refractivity contribution in [2.24, 2.45) is 0 Å². The first-order chi connectivity index (χ1) is 12.6. The third-order valence-electron chi connectivity index (χ3n) is 3.88. The minimum atomic E-state index is -0.986. The molecule has 3 N–H and O–H groups in total. The van der Waals surface area contributed by atoms with Gasteiger partial charge in [0.05, 0.1) is 11.3 Å². The molecule has 0 aliphatic rings. The quantitative estimate of drug-likeness (QED) is 0.523. The van der Waals surface area contributed by atoms with E-state index < -0.39 is 5.97 Å². The topological polar surface area (TPSA) is 99.8 Å². The van der Waals surface area contributed by atoms with Gasteiger partial charge in [-0.2, -0.15) is 9.61 Å². The summed E-state index contributed by atoms with van der Waals surface area (Å²) in [5, 5.41) is 26.5. The monoisotopic (exact) mass is 346 g/mol. The molecule has 128 valence electrons. The van der Waals surface area contributed by atoms with Crippen LogP contribution in [0.2, 0.25) is 0 Å². The van der Waals surface area contributed by atoms with Gasteiger partial charge in [-0.15, -0.1) is 0 Å². The van der Waals surface area contributed by atoms with Gasteiger partial charge in [0.2, 0.25) is 0 Å². The van der Waals surface area contributed by atoms with Gasteiger partial charge in [-0.1, -0.05) is 18.2 Å². The first-order valence-corrected chi connectivity index (χ1v) is 7.85. The predicted octanol–water partition coefficient (Wildman–Crippen LogP) is 3.54. The highest BCUT2D eigenvalue weighted by molar-refractivity contribution is 5.89. The summed E-state index contributed by atoms with van der Waals surface area (Å²) in [7, 11) is 0. The highest BCUT2D eigenvalue weighted by atomic mass is 16.4. The Labute approximate surface area is 148 Å². The molecule has 0 saturated carbocycles. The highest BCUT2D eigenvalue weighted by Gasteiger charge is 2.11. The van der Waals surface area contributed by atoms with E-state index in [1.807, 2.05) is 6.07 Å². The van der Waals surface area contributed by atoms with E-state index in [0.29, 0.717) is 28.4 Å². The fraction of sp³-hybridized carbons (Fsp3) is 0. The molecule has 2 heterocycles. The smallest absolute Gasteiger partial charge is 0.335 e. The Kier molecular flexibility index (Phi) is 3.74. The van der Waals surface area contributed by atoms with Crippen LogP contribution in [0.3, 0.4) is 0 Å². The summed E-state index contributed by atoms with van der Waals surface area (Å²) in [5.41, 5.74) is 2.84. The van der Waals surface area contributed by atoms with Crippen molar-refractivity contribution in [3.63, 3.8) is 0 Å². The maximum Gasteiger partial charge on any atom is 0.335 e. The Hall–Kier alpha value is -3.87. The van der Waals surface area contributed by atoms with Crippen LogP contribution in [-0.4, -0.2) is 30.8 Å². The molecular formula is C19H14N4O3. The van der Waals surface area contributed by atoms with Crippen LogP contribution in [0.5, 0.6) is 5.75 Å². The minimum Gasteiger partial charge on any atom is -0.508 e. The van der Waals surface area contributed by atoms with E-state index in [9.17, 15) is 9.90 Å². The number of hydrogen-bond acceptors (Lipinski definition) is 5. The van der Waals surface area contributed by atoms with E-state index in [2.05, 4.69) is 15.4 Å². The maximum absolute atomic E-state index is 11.2. The van der Waals surface area contributed by atoms with Crippen molar-refractivity contribution in [2.45, 2.75) is 0 Å². The van der Waals surface area contributed by atoms with Crippen LogP contribution >= 0.6 is 0 Å². The van der Waals surface area contributed by atoms with Crippen LogP contribution in [0, 0.1) is 0 Å². The van der Waals surface area contributed by atoms with Crippen LogP contribution in [-0.2, 0) is 0 Å². The van der Waals surface area contributed by atoms with Gasteiger partial charge in [0.1, 0.15) is 11.6 Å². The normalized spacial score (nSPS) is 10.8. The first kappa shape index (κ1) is 15.6. The number of nitrogens with one attached hydrogen (secondary N) is 1. The number of aromatic carboxylic acids is 1. The van der Waals surface area contributed by atoms with Crippen LogP contribution in [0.4, 0.5) is 11.5 Å². The molecule has 7 heteroatoms. The number of aromatic hydroxyl groups is 1. The van der Waals surface area contributed by atoms with E-state index in [4.69, 9.17) is 5.11 Å². The molecule has 2 aromatic carbocycles. The second kappa shape index (κ2) is 6.21. The number of carbonyl (C=O) groups is 1. The minimum absolute atomic E-state index is 0.159. The molecular weight excluding hydrogens is 332 g/mol. The molecule has 0 aliphatic heterocycles. The van der Waals surface area contributed by atoms with Crippen LogP contribution in [0.25, 0.3) is 16.9 Å². The van der Waals surface area contributed by atoms with Crippen molar-refractivity contribution in [1.82, 2.24) is 14.6 Å². The Morgan fingerprint density at radius 3 is 2.69 bits per heavy atom. The Balaban J connectivity index is 1.76. The summed E-state index contributed by atoms with van der Waals surface area (Å²) in [6, 6.07) is 16.9. The molecule has 4 aromatic rings. The van der Waals surface area contributed by atoms with E-state index in [0.717, 1.165) is 0 Å². The Morgan fingerprint density at radius 2 is 1.88 bits per heavy atom. The number of nitrogens with zero attached hydrogens (tertiary/aromatic N) is 3. The van der Waals surface area contributed by atoms with Gasteiger partial charge in [-0.05, 0) is 30.3 Å². The number of fused-ring (bicyclic) bond motifs is 1. The number of benzene rings is 2. The van der Waals surface area contributed by atoms with E-state index in [-0.39, 0.29) is 11.3 Å². The average Bonchev–Trinajstić information content (AvgIpc) is 3.07. The van der Waals surface area contributed by atoms with Gasteiger partial charge in [-0.25, -0.2) is 9.78 Å². The van der Waals surface area contributed by atoms with Crippen molar-refractivity contribution < 1.29 is 15.0 Å².